The summed E-state index contributed by atoms with van der Waals surface area (Å²) in [6, 6.07) is 14.9. The normalized spacial score (nSPS) is 11.7. The highest BCUT2D eigenvalue weighted by Gasteiger charge is 2.13. The number of hydrogen-bond donors (Lipinski definition) is 0. The first-order chi connectivity index (χ1) is 9.70. The van der Waals surface area contributed by atoms with Gasteiger partial charge in [-0.15, -0.1) is 0 Å². The molecule has 0 saturated heterocycles. The summed E-state index contributed by atoms with van der Waals surface area (Å²) in [5, 5.41) is 7.34. The Bertz CT molecular complexity index is 979. The summed E-state index contributed by atoms with van der Waals surface area (Å²) in [7, 11) is 0. The maximum Gasteiger partial charge on any atom is 0.150 e. The molecule has 1 heteroatoms. The Hall–Kier alpha value is -2.41. The van der Waals surface area contributed by atoms with Crippen LogP contribution in [-0.4, -0.2) is 6.29 Å². The van der Waals surface area contributed by atoms with Gasteiger partial charge in [0, 0.05) is 5.56 Å². The number of aldehydes is 1. The number of hydrogen-bond acceptors (Lipinski definition) is 1. The van der Waals surface area contributed by atoms with Crippen LogP contribution >= 0.6 is 0 Å². The molecule has 0 atom stereocenters. The lowest BCUT2D eigenvalue weighted by Gasteiger charge is -2.15. The molecule has 0 N–H and O–H groups in total. The highest BCUT2D eigenvalue weighted by atomic mass is 16.1. The van der Waals surface area contributed by atoms with Gasteiger partial charge in [-0.3, -0.25) is 4.79 Å². The van der Waals surface area contributed by atoms with Crippen LogP contribution in [0.3, 0.4) is 0 Å². The molecule has 0 amide bonds. The van der Waals surface area contributed by atoms with Gasteiger partial charge in [0.2, 0.25) is 0 Å². The third-order valence-electron chi connectivity index (χ3n) is 4.37. The van der Waals surface area contributed by atoms with Crippen molar-refractivity contribution in [3.63, 3.8) is 0 Å². The molecular formula is C19H14O. The van der Waals surface area contributed by atoms with Gasteiger partial charge in [0.05, 0.1) is 0 Å². The van der Waals surface area contributed by atoms with Gasteiger partial charge < -0.3 is 0 Å². The van der Waals surface area contributed by atoms with Crippen molar-refractivity contribution in [2.75, 3.05) is 0 Å². The van der Waals surface area contributed by atoms with E-state index in [0.29, 0.717) is 0 Å². The van der Waals surface area contributed by atoms with E-state index < -0.39 is 0 Å². The third kappa shape index (κ3) is 1.30. The molecule has 0 fully saturated rings. The lowest BCUT2D eigenvalue weighted by molar-refractivity contribution is 0.112. The molecule has 0 spiro atoms. The third-order valence-corrected chi connectivity index (χ3v) is 4.37. The van der Waals surface area contributed by atoms with Crippen molar-refractivity contribution in [3.8, 4) is 0 Å². The zero-order valence-electron chi connectivity index (χ0n) is 11.5. The zero-order chi connectivity index (χ0) is 13.9. The summed E-state index contributed by atoms with van der Waals surface area (Å²) in [6.45, 7) is 4.21. The van der Waals surface area contributed by atoms with Gasteiger partial charge in [0.25, 0.3) is 0 Å². The van der Waals surface area contributed by atoms with Crippen LogP contribution < -0.4 is 0 Å². The quantitative estimate of drug-likeness (QED) is 0.346. The minimum Gasteiger partial charge on any atom is -0.298 e. The van der Waals surface area contributed by atoms with E-state index in [2.05, 4.69) is 50.2 Å². The average molecular weight is 258 g/mol. The van der Waals surface area contributed by atoms with E-state index >= 15 is 0 Å². The fourth-order valence-corrected chi connectivity index (χ4v) is 3.35. The lowest BCUT2D eigenvalue weighted by Crippen LogP contribution is -1.92. The Labute approximate surface area is 117 Å². The van der Waals surface area contributed by atoms with Gasteiger partial charge in [-0.05, 0) is 63.4 Å². The molecule has 1 nitrogen and oxygen atoms in total. The fraction of sp³-hybridized carbons (Fsp3) is 0.105. The lowest BCUT2D eigenvalue weighted by atomic mass is 9.89. The molecule has 4 rings (SSSR count). The molecular weight excluding hydrogens is 244 g/mol. The van der Waals surface area contributed by atoms with Crippen LogP contribution in [0.2, 0.25) is 0 Å². The van der Waals surface area contributed by atoms with Gasteiger partial charge in [-0.2, -0.15) is 0 Å². The number of carbonyl (C=O) groups is 1. The summed E-state index contributed by atoms with van der Waals surface area (Å²) in [5.41, 5.74) is 3.22. The summed E-state index contributed by atoms with van der Waals surface area (Å²) in [6.07, 6.45) is 0.964. The Balaban J connectivity index is 2.44. The number of rotatable bonds is 1. The maximum absolute atomic E-state index is 11.4. The minimum atomic E-state index is 0.783. The van der Waals surface area contributed by atoms with Crippen LogP contribution in [0.15, 0.2) is 42.5 Å². The van der Waals surface area contributed by atoms with Crippen molar-refractivity contribution in [3.05, 3.63) is 59.2 Å². The summed E-state index contributed by atoms with van der Waals surface area (Å²) in [5.74, 6) is 0. The van der Waals surface area contributed by atoms with Crippen molar-refractivity contribution in [1.29, 1.82) is 0 Å². The standard InChI is InChI=1S/C19H14O/c1-11-3-4-13-5-6-16-12(2)9-14(10-20)17-8-7-15(11)18(13)19(16)17/h3-10H,1-2H3. The first-order valence-corrected chi connectivity index (χ1v) is 6.83. The molecule has 0 aromatic heterocycles. The maximum atomic E-state index is 11.4. The van der Waals surface area contributed by atoms with Crippen LogP contribution in [0.4, 0.5) is 0 Å². The summed E-state index contributed by atoms with van der Waals surface area (Å²) in [4.78, 5) is 11.4. The first-order valence-electron chi connectivity index (χ1n) is 6.83. The van der Waals surface area contributed by atoms with Crippen LogP contribution in [0.1, 0.15) is 21.5 Å². The van der Waals surface area contributed by atoms with E-state index in [0.717, 1.165) is 22.8 Å². The highest BCUT2D eigenvalue weighted by molar-refractivity contribution is 6.26. The molecule has 0 aliphatic heterocycles. The number of carbonyl (C=O) groups excluding carboxylic acids is 1. The Kier molecular flexibility index (Phi) is 2.17. The monoisotopic (exact) mass is 258 g/mol. The second kappa shape index (κ2) is 3.80. The molecule has 4 aromatic carbocycles. The van der Waals surface area contributed by atoms with Crippen molar-refractivity contribution in [2.45, 2.75) is 13.8 Å². The largest absolute Gasteiger partial charge is 0.298 e. The van der Waals surface area contributed by atoms with Gasteiger partial charge in [0.1, 0.15) is 0 Å². The average Bonchev–Trinajstić information content (AvgIpc) is 2.48. The van der Waals surface area contributed by atoms with Gasteiger partial charge in [-0.25, -0.2) is 0 Å². The van der Waals surface area contributed by atoms with Crippen LogP contribution in [0.25, 0.3) is 32.3 Å². The Morgan fingerprint density at radius 2 is 1.40 bits per heavy atom. The molecule has 4 aromatic rings. The smallest absolute Gasteiger partial charge is 0.150 e. The molecule has 0 heterocycles. The Morgan fingerprint density at radius 3 is 2.20 bits per heavy atom. The second-order valence-electron chi connectivity index (χ2n) is 5.53. The fourth-order valence-electron chi connectivity index (χ4n) is 3.35. The molecule has 0 aliphatic carbocycles. The van der Waals surface area contributed by atoms with E-state index in [-0.39, 0.29) is 0 Å². The van der Waals surface area contributed by atoms with Gasteiger partial charge in [0.15, 0.2) is 6.29 Å². The molecule has 0 saturated carbocycles. The van der Waals surface area contributed by atoms with Crippen LogP contribution in [0.5, 0.6) is 0 Å². The molecule has 0 unspecified atom stereocenters. The van der Waals surface area contributed by atoms with E-state index in [1.807, 2.05) is 6.07 Å². The van der Waals surface area contributed by atoms with Crippen LogP contribution in [-0.2, 0) is 0 Å². The van der Waals surface area contributed by atoms with Gasteiger partial charge >= 0.3 is 0 Å². The predicted molar refractivity (Wildman–Crippen MR) is 85.0 cm³/mol. The SMILES string of the molecule is Cc1ccc2ccc3c(C)cc(C=O)c4ccc1c2c34. The number of benzene rings is 4. The van der Waals surface area contributed by atoms with Crippen molar-refractivity contribution < 1.29 is 4.79 Å². The van der Waals surface area contributed by atoms with Crippen LogP contribution in [0, 0.1) is 13.8 Å². The highest BCUT2D eigenvalue weighted by Crippen LogP contribution is 2.38. The molecule has 0 aliphatic rings. The zero-order valence-corrected chi connectivity index (χ0v) is 11.5. The minimum absolute atomic E-state index is 0.783. The topological polar surface area (TPSA) is 17.1 Å². The molecule has 20 heavy (non-hydrogen) atoms. The first kappa shape index (κ1) is 11.4. The molecule has 0 radical (unpaired) electrons. The molecule has 96 valence electrons. The van der Waals surface area contributed by atoms with Crippen molar-refractivity contribution >= 4 is 38.6 Å². The van der Waals surface area contributed by atoms with E-state index in [1.54, 1.807) is 0 Å². The van der Waals surface area contributed by atoms with E-state index in [1.165, 1.54) is 32.5 Å². The van der Waals surface area contributed by atoms with Gasteiger partial charge in [-0.1, -0.05) is 36.4 Å². The summed E-state index contributed by atoms with van der Waals surface area (Å²) >= 11 is 0. The van der Waals surface area contributed by atoms with E-state index in [4.69, 9.17) is 0 Å². The number of aryl methyl sites for hydroxylation is 2. The Morgan fingerprint density at radius 1 is 0.750 bits per heavy atom. The molecule has 0 bridgehead atoms. The van der Waals surface area contributed by atoms with E-state index in [9.17, 15) is 4.79 Å². The van der Waals surface area contributed by atoms with Crippen molar-refractivity contribution in [2.24, 2.45) is 0 Å². The predicted octanol–water partition coefficient (Wildman–Crippen LogP) is 5.01. The summed E-state index contributed by atoms with van der Waals surface area (Å²) < 4.78 is 0. The van der Waals surface area contributed by atoms with Crippen molar-refractivity contribution in [1.82, 2.24) is 0 Å². The second-order valence-corrected chi connectivity index (χ2v) is 5.53.